The van der Waals surface area contributed by atoms with Gasteiger partial charge in [-0.1, -0.05) is 0 Å². The van der Waals surface area contributed by atoms with E-state index in [0.717, 1.165) is 10.6 Å². The molecule has 1 heterocycles. The first kappa shape index (κ1) is 12.5. The van der Waals surface area contributed by atoms with E-state index in [9.17, 15) is 4.79 Å². The standard InChI is InChI=1S/C12H14N4OS/c1-7-10(13)11(16-15-7)14-12(17)8-3-5-9(18-2)6-4-8/h3-6H,13H2,1-2H3,(H2,14,15,16,17). The number of nitrogens with two attached hydrogens (primary N) is 1. The van der Waals surface area contributed by atoms with E-state index in [1.165, 1.54) is 0 Å². The van der Waals surface area contributed by atoms with Crippen LogP contribution >= 0.6 is 11.8 Å². The number of hydrogen-bond acceptors (Lipinski definition) is 4. The van der Waals surface area contributed by atoms with Gasteiger partial charge in [0.25, 0.3) is 5.91 Å². The third-order valence-corrected chi connectivity index (χ3v) is 3.32. The molecule has 6 heteroatoms. The quantitative estimate of drug-likeness (QED) is 0.741. The molecule has 0 aliphatic heterocycles. The number of nitrogens with zero attached hydrogens (tertiary/aromatic N) is 1. The van der Waals surface area contributed by atoms with Gasteiger partial charge in [0.2, 0.25) is 0 Å². The van der Waals surface area contributed by atoms with Gasteiger partial charge in [-0.3, -0.25) is 9.89 Å². The molecule has 5 nitrogen and oxygen atoms in total. The molecular weight excluding hydrogens is 248 g/mol. The highest BCUT2D eigenvalue weighted by Crippen LogP contribution is 2.19. The lowest BCUT2D eigenvalue weighted by molar-refractivity contribution is 0.102. The van der Waals surface area contributed by atoms with E-state index >= 15 is 0 Å². The predicted molar refractivity (Wildman–Crippen MR) is 73.9 cm³/mol. The van der Waals surface area contributed by atoms with Gasteiger partial charge in [-0.15, -0.1) is 11.8 Å². The number of aromatic amines is 1. The first-order valence-corrected chi connectivity index (χ1v) is 6.60. The monoisotopic (exact) mass is 262 g/mol. The number of H-pyrrole nitrogens is 1. The van der Waals surface area contributed by atoms with Crippen molar-refractivity contribution in [3.05, 3.63) is 35.5 Å². The number of rotatable bonds is 3. The maximum absolute atomic E-state index is 11.9. The molecule has 94 valence electrons. The second-order valence-corrected chi connectivity index (χ2v) is 4.67. The summed E-state index contributed by atoms with van der Waals surface area (Å²) in [5.74, 6) is 0.146. The van der Waals surface area contributed by atoms with Gasteiger partial charge in [0.1, 0.15) is 0 Å². The first-order chi connectivity index (χ1) is 8.61. The molecule has 0 unspecified atom stereocenters. The van der Waals surface area contributed by atoms with E-state index in [1.54, 1.807) is 30.8 Å². The molecule has 2 aromatic rings. The minimum Gasteiger partial charge on any atom is -0.394 e. The molecule has 0 saturated heterocycles. The van der Waals surface area contributed by atoms with Gasteiger partial charge in [-0.2, -0.15) is 5.10 Å². The Morgan fingerprint density at radius 3 is 2.56 bits per heavy atom. The first-order valence-electron chi connectivity index (χ1n) is 5.37. The normalized spacial score (nSPS) is 10.3. The number of anilines is 2. The van der Waals surface area contributed by atoms with Crippen LogP contribution in [0.4, 0.5) is 11.5 Å². The largest absolute Gasteiger partial charge is 0.394 e. The summed E-state index contributed by atoms with van der Waals surface area (Å²) >= 11 is 1.63. The molecule has 0 fully saturated rings. The van der Waals surface area contributed by atoms with Crippen molar-refractivity contribution in [1.29, 1.82) is 0 Å². The summed E-state index contributed by atoms with van der Waals surface area (Å²) in [7, 11) is 0. The Labute approximate surface area is 109 Å². The number of benzene rings is 1. The third kappa shape index (κ3) is 2.48. The van der Waals surface area contributed by atoms with Crippen LogP contribution < -0.4 is 11.1 Å². The van der Waals surface area contributed by atoms with Crippen LogP contribution in [0.25, 0.3) is 0 Å². The second-order valence-electron chi connectivity index (χ2n) is 3.79. The van der Waals surface area contributed by atoms with Crippen molar-refractivity contribution in [3.8, 4) is 0 Å². The SMILES string of the molecule is CSc1ccc(C(=O)Nc2n[nH]c(C)c2N)cc1. The molecular formula is C12H14N4OS. The highest BCUT2D eigenvalue weighted by molar-refractivity contribution is 7.98. The summed E-state index contributed by atoms with van der Waals surface area (Å²) in [6, 6.07) is 7.35. The fourth-order valence-electron chi connectivity index (χ4n) is 1.46. The topological polar surface area (TPSA) is 83.8 Å². The number of nitrogens with one attached hydrogen (secondary N) is 2. The van der Waals surface area contributed by atoms with Gasteiger partial charge in [-0.25, -0.2) is 0 Å². The Balaban J connectivity index is 2.14. The summed E-state index contributed by atoms with van der Waals surface area (Å²) in [4.78, 5) is 13.1. The van der Waals surface area contributed by atoms with E-state index in [2.05, 4.69) is 15.5 Å². The number of amides is 1. The summed E-state index contributed by atoms with van der Waals surface area (Å²) in [6.45, 7) is 1.80. The second kappa shape index (κ2) is 5.14. The lowest BCUT2D eigenvalue weighted by Crippen LogP contribution is -2.13. The number of aromatic nitrogens is 2. The van der Waals surface area contributed by atoms with Crippen LogP contribution in [0.3, 0.4) is 0 Å². The smallest absolute Gasteiger partial charge is 0.256 e. The van der Waals surface area contributed by atoms with Crippen LogP contribution in [0.15, 0.2) is 29.2 Å². The third-order valence-electron chi connectivity index (χ3n) is 2.58. The zero-order valence-corrected chi connectivity index (χ0v) is 11.0. The highest BCUT2D eigenvalue weighted by atomic mass is 32.2. The van der Waals surface area contributed by atoms with Gasteiger partial charge in [0.05, 0.1) is 11.4 Å². The van der Waals surface area contributed by atoms with Gasteiger partial charge in [-0.05, 0) is 37.4 Å². The Hall–Kier alpha value is -1.95. The molecule has 0 aliphatic carbocycles. The molecule has 0 atom stereocenters. The van der Waals surface area contributed by atoms with Crippen molar-refractivity contribution >= 4 is 29.2 Å². The van der Waals surface area contributed by atoms with E-state index in [4.69, 9.17) is 5.73 Å². The molecule has 0 spiro atoms. The van der Waals surface area contributed by atoms with E-state index in [0.29, 0.717) is 17.1 Å². The number of carbonyl (C=O) groups excluding carboxylic acids is 1. The Morgan fingerprint density at radius 2 is 2.06 bits per heavy atom. The van der Waals surface area contributed by atoms with E-state index in [-0.39, 0.29) is 5.91 Å². The van der Waals surface area contributed by atoms with Gasteiger partial charge < -0.3 is 11.1 Å². The molecule has 0 aliphatic rings. The molecule has 0 saturated carbocycles. The summed E-state index contributed by atoms with van der Waals surface area (Å²) in [6.07, 6.45) is 1.99. The van der Waals surface area contributed by atoms with Crippen molar-refractivity contribution < 1.29 is 4.79 Å². The number of carbonyl (C=O) groups is 1. The Bertz CT molecular complexity index is 562. The predicted octanol–water partition coefficient (Wildman–Crippen LogP) is 2.27. The Morgan fingerprint density at radius 1 is 1.39 bits per heavy atom. The molecule has 1 amide bonds. The van der Waals surface area contributed by atoms with Crippen LogP contribution in [-0.4, -0.2) is 22.4 Å². The van der Waals surface area contributed by atoms with Crippen molar-refractivity contribution in [1.82, 2.24) is 10.2 Å². The molecule has 2 rings (SSSR count). The molecule has 18 heavy (non-hydrogen) atoms. The zero-order chi connectivity index (χ0) is 13.1. The maximum Gasteiger partial charge on any atom is 0.256 e. The fourth-order valence-corrected chi connectivity index (χ4v) is 1.86. The number of aryl methyl sites for hydroxylation is 1. The molecule has 0 bridgehead atoms. The number of hydrogen-bond donors (Lipinski definition) is 3. The van der Waals surface area contributed by atoms with Crippen LogP contribution in [0.1, 0.15) is 16.1 Å². The summed E-state index contributed by atoms with van der Waals surface area (Å²) in [5.41, 5.74) is 7.54. The van der Waals surface area contributed by atoms with Gasteiger partial charge in [0, 0.05) is 10.5 Å². The molecule has 1 aromatic carbocycles. The van der Waals surface area contributed by atoms with Crippen molar-refractivity contribution in [2.75, 3.05) is 17.3 Å². The highest BCUT2D eigenvalue weighted by Gasteiger charge is 2.11. The van der Waals surface area contributed by atoms with E-state index in [1.807, 2.05) is 18.4 Å². The minimum atomic E-state index is -0.221. The average molecular weight is 262 g/mol. The van der Waals surface area contributed by atoms with Crippen molar-refractivity contribution in [2.45, 2.75) is 11.8 Å². The van der Waals surface area contributed by atoms with Crippen molar-refractivity contribution in [2.24, 2.45) is 0 Å². The van der Waals surface area contributed by atoms with Crippen LogP contribution in [-0.2, 0) is 0 Å². The van der Waals surface area contributed by atoms with Crippen molar-refractivity contribution in [3.63, 3.8) is 0 Å². The lowest BCUT2D eigenvalue weighted by atomic mass is 10.2. The average Bonchev–Trinajstić information content (AvgIpc) is 2.71. The van der Waals surface area contributed by atoms with Crippen LogP contribution in [0.5, 0.6) is 0 Å². The lowest BCUT2D eigenvalue weighted by Gasteiger charge is -2.04. The molecule has 4 N–H and O–H groups in total. The van der Waals surface area contributed by atoms with Crippen LogP contribution in [0.2, 0.25) is 0 Å². The number of thioether (sulfide) groups is 1. The summed E-state index contributed by atoms with van der Waals surface area (Å²) in [5, 5.41) is 9.32. The zero-order valence-electron chi connectivity index (χ0n) is 10.2. The Kier molecular flexibility index (Phi) is 3.57. The minimum absolute atomic E-state index is 0.221. The van der Waals surface area contributed by atoms with Gasteiger partial charge in [0.15, 0.2) is 5.82 Å². The van der Waals surface area contributed by atoms with E-state index < -0.39 is 0 Å². The maximum atomic E-state index is 11.9. The molecule has 0 radical (unpaired) electrons. The molecule has 1 aromatic heterocycles. The summed E-state index contributed by atoms with van der Waals surface area (Å²) < 4.78 is 0. The fraction of sp³-hybridized carbons (Fsp3) is 0.167. The number of nitrogen functional groups attached to an aromatic ring is 1. The van der Waals surface area contributed by atoms with Crippen LogP contribution in [0, 0.1) is 6.92 Å². The van der Waals surface area contributed by atoms with Gasteiger partial charge >= 0.3 is 0 Å².